The number of aromatic hydroxyl groups is 1. The Balaban J connectivity index is 2.55. The zero-order valence-corrected chi connectivity index (χ0v) is 8.23. The lowest BCUT2D eigenvalue weighted by atomic mass is 10.2. The van der Waals surface area contributed by atoms with Gasteiger partial charge in [-0.3, -0.25) is 0 Å². The van der Waals surface area contributed by atoms with Crippen LogP contribution >= 0.6 is 0 Å². The third-order valence-electron chi connectivity index (χ3n) is 2.17. The highest BCUT2D eigenvalue weighted by molar-refractivity contribution is 5.39. The van der Waals surface area contributed by atoms with E-state index in [9.17, 15) is 5.11 Å². The van der Waals surface area contributed by atoms with Gasteiger partial charge in [0, 0.05) is 5.56 Å². The Morgan fingerprint density at radius 2 is 2.07 bits per heavy atom. The average molecular weight is 188 g/mol. The van der Waals surface area contributed by atoms with E-state index in [0.29, 0.717) is 0 Å². The Labute approximate surface area is 82.6 Å². The van der Waals surface area contributed by atoms with Crippen LogP contribution < -0.4 is 0 Å². The fraction of sp³-hybridized carbons (Fsp3) is 0.182. The molecule has 0 saturated carbocycles. The molecule has 1 aromatic heterocycles. The summed E-state index contributed by atoms with van der Waals surface area (Å²) in [6, 6.07) is 7.85. The fourth-order valence-electron chi connectivity index (χ4n) is 1.37. The largest absolute Gasteiger partial charge is 0.493 e. The summed E-state index contributed by atoms with van der Waals surface area (Å²) in [6.07, 6.45) is 1.65. The van der Waals surface area contributed by atoms with E-state index in [2.05, 4.69) is 5.10 Å². The van der Waals surface area contributed by atoms with Crippen molar-refractivity contribution in [1.29, 1.82) is 0 Å². The molecule has 0 fully saturated rings. The highest BCUT2D eigenvalue weighted by Gasteiger charge is 2.06. The standard InChI is InChI=1S/C11H12N2O/c1-8-4-3-5-10(6-8)13-11(14)9(2)7-12-13/h3-7,14H,1-2H3. The molecule has 0 amide bonds. The summed E-state index contributed by atoms with van der Waals surface area (Å²) in [5, 5.41) is 13.8. The van der Waals surface area contributed by atoms with Crippen LogP contribution in [0.2, 0.25) is 0 Å². The number of aromatic nitrogens is 2. The summed E-state index contributed by atoms with van der Waals surface area (Å²) < 4.78 is 1.53. The lowest BCUT2D eigenvalue weighted by Crippen LogP contribution is -1.95. The minimum Gasteiger partial charge on any atom is -0.493 e. The molecule has 1 heterocycles. The number of benzene rings is 1. The fourth-order valence-corrected chi connectivity index (χ4v) is 1.37. The molecule has 0 unspecified atom stereocenters. The minimum absolute atomic E-state index is 0.204. The van der Waals surface area contributed by atoms with Gasteiger partial charge in [-0.2, -0.15) is 5.10 Å². The van der Waals surface area contributed by atoms with Gasteiger partial charge >= 0.3 is 0 Å². The molecule has 2 aromatic rings. The van der Waals surface area contributed by atoms with Crippen molar-refractivity contribution in [3.8, 4) is 11.6 Å². The molecule has 72 valence electrons. The van der Waals surface area contributed by atoms with E-state index in [-0.39, 0.29) is 5.88 Å². The molecule has 0 aliphatic carbocycles. The first-order valence-electron chi connectivity index (χ1n) is 4.49. The van der Waals surface area contributed by atoms with E-state index < -0.39 is 0 Å². The number of aryl methyl sites for hydroxylation is 2. The molecule has 14 heavy (non-hydrogen) atoms. The smallest absolute Gasteiger partial charge is 0.217 e. The normalized spacial score (nSPS) is 10.4. The van der Waals surface area contributed by atoms with Gasteiger partial charge in [-0.25, -0.2) is 4.68 Å². The number of hydrogen-bond acceptors (Lipinski definition) is 2. The molecular formula is C11H12N2O. The zero-order valence-electron chi connectivity index (χ0n) is 8.23. The van der Waals surface area contributed by atoms with Gasteiger partial charge in [-0.1, -0.05) is 12.1 Å². The maximum absolute atomic E-state index is 9.68. The summed E-state index contributed by atoms with van der Waals surface area (Å²) in [5.41, 5.74) is 2.82. The van der Waals surface area contributed by atoms with Crippen LogP contribution in [-0.2, 0) is 0 Å². The van der Waals surface area contributed by atoms with Gasteiger partial charge in [0.15, 0.2) is 0 Å². The summed E-state index contributed by atoms with van der Waals surface area (Å²) in [7, 11) is 0. The molecule has 0 bridgehead atoms. The molecule has 0 spiro atoms. The van der Waals surface area contributed by atoms with Gasteiger partial charge in [0.2, 0.25) is 5.88 Å². The molecule has 0 atom stereocenters. The summed E-state index contributed by atoms with van der Waals surface area (Å²) >= 11 is 0. The summed E-state index contributed by atoms with van der Waals surface area (Å²) in [4.78, 5) is 0. The summed E-state index contributed by atoms with van der Waals surface area (Å²) in [5.74, 6) is 0.204. The quantitative estimate of drug-likeness (QED) is 0.745. The molecule has 0 aliphatic rings. The van der Waals surface area contributed by atoms with Crippen LogP contribution in [0.3, 0.4) is 0 Å². The second kappa shape index (κ2) is 3.18. The van der Waals surface area contributed by atoms with Crippen LogP contribution in [0.1, 0.15) is 11.1 Å². The number of rotatable bonds is 1. The first kappa shape index (κ1) is 8.81. The van der Waals surface area contributed by atoms with Gasteiger partial charge in [0.05, 0.1) is 11.9 Å². The Bertz CT molecular complexity index is 460. The van der Waals surface area contributed by atoms with Crippen LogP contribution in [0.5, 0.6) is 5.88 Å². The monoisotopic (exact) mass is 188 g/mol. The van der Waals surface area contributed by atoms with E-state index in [1.54, 1.807) is 6.20 Å². The van der Waals surface area contributed by atoms with Gasteiger partial charge < -0.3 is 5.11 Å². The molecule has 3 heteroatoms. The average Bonchev–Trinajstić information content (AvgIpc) is 2.48. The number of hydrogen-bond donors (Lipinski definition) is 1. The van der Waals surface area contributed by atoms with Crippen molar-refractivity contribution in [2.75, 3.05) is 0 Å². The van der Waals surface area contributed by atoms with Crippen LogP contribution in [0.25, 0.3) is 5.69 Å². The van der Waals surface area contributed by atoms with E-state index in [1.165, 1.54) is 4.68 Å². The number of nitrogens with zero attached hydrogens (tertiary/aromatic N) is 2. The molecule has 1 N–H and O–H groups in total. The van der Waals surface area contributed by atoms with Crippen molar-refractivity contribution in [2.24, 2.45) is 0 Å². The van der Waals surface area contributed by atoms with Gasteiger partial charge in [0.25, 0.3) is 0 Å². The Morgan fingerprint density at radius 1 is 1.29 bits per heavy atom. The molecule has 3 nitrogen and oxygen atoms in total. The van der Waals surface area contributed by atoms with Crippen molar-refractivity contribution >= 4 is 0 Å². The zero-order chi connectivity index (χ0) is 10.1. The van der Waals surface area contributed by atoms with Crippen molar-refractivity contribution in [3.05, 3.63) is 41.6 Å². The third kappa shape index (κ3) is 1.37. The van der Waals surface area contributed by atoms with Gasteiger partial charge in [0.1, 0.15) is 0 Å². The maximum Gasteiger partial charge on any atom is 0.217 e. The topological polar surface area (TPSA) is 38.0 Å². The van der Waals surface area contributed by atoms with Crippen molar-refractivity contribution in [1.82, 2.24) is 9.78 Å². The van der Waals surface area contributed by atoms with Crippen LogP contribution in [0.4, 0.5) is 0 Å². The molecule has 0 saturated heterocycles. The predicted molar refractivity (Wildman–Crippen MR) is 54.7 cm³/mol. The Morgan fingerprint density at radius 3 is 2.64 bits per heavy atom. The van der Waals surface area contributed by atoms with E-state index in [0.717, 1.165) is 16.8 Å². The predicted octanol–water partition coefficient (Wildman–Crippen LogP) is 2.19. The Hall–Kier alpha value is -1.77. The molecule has 0 aliphatic heterocycles. The highest BCUT2D eigenvalue weighted by atomic mass is 16.3. The third-order valence-corrected chi connectivity index (χ3v) is 2.17. The molecule has 0 radical (unpaired) electrons. The molecule has 2 rings (SSSR count). The highest BCUT2D eigenvalue weighted by Crippen LogP contribution is 2.20. The SMILES string of the molecule is Cc1cccc(-n2ncc(C)c2O)c1. The van der Waals surface area contributed by atoms with Crippen LogP contribution in [0.15, 0.2) is 30.5 Å². The van der Waals surface area contributed by atoms with Crippen molar-refractivity contribution in [3.63, 3.8) is 0 Å². The molecular weight excluding hydrogens is 176 g/mol. The van der Waals surface area contributed by atoms with Crippen molar-refractivity contribution in [2.45, 2.75) is 13.8 Å². The second-order valence-electron chi connectivity index (χ2n) is 3.40. The second-order valence-corrected chi connectivity index (χ2v) is 3.40. The first-order chi connectivity index (χ1) is 6.68. The van der Waals surface area contributed by atoms with Gasteiger partial charge in [-0.15, -0.1) is 0 Å². The lowest BCUT2D eigenvalue weighted by molar-refractivity contribution is 0.430. The minimum atomic E-state index is 0.204. The first-order valence-corrected chi connectivity index (χ1v) is 4.49. The maximum atomic E-state index is 9.68. The lowest BCUT2D eigenvalue weighted by Gasteiger charge is -2.03. The van der Waals surface area contributed by atoms with E-state index in [1.807, 2.05) is 38.1 Å². The van der Waals surface area contributed by atoms with Gasteiger partial charge in [-0.05, 0) is 31.5 Å². The summed E-state index contributed by atoms with van der Waals surface area (Å²) in [6.45, 7) is 3.84. The van der Waals surface area contributed by atoms with Crippen molar-refractivity contribution < 1.29 is 5.11 Å². The molecule has 1 aromatic carbocycles. The van der Waals surface area contributed by atoms with Crippen LogP contribution in [-0.4, -0.2) is 14.9 Å². The van der Waals surface area contributed by atoms with E-state index >= 15 is 0 Å². The van der Waals surface area contributed by atoms with Crippen LogP contribution in [0, 0.1) is 13.8 Å². The Kier molecular flexibility index (Phi) is 2.00. The van der Waals surface area contributed by atoms with E-state index in [4.69, 9.17) is 0 Å².